The van der Waals surface area contributed by atoms with Gasteiger partial charge < -0.3 is 15.1 Å². The van der Waals surface area contributed by atoms with Crippen LogP contribution in [0.2, 0.25) is 5.02 Å². The number of amides is 1. The summed E-state index contributed by atoms with van der Waals surface area (Å²) in [6.45, 7) is 4.08. The number of hydrogen-bond acceptors (Lipinski definition) is 6. The Labute approximate surface area is 191 Å². The molecule has 1 aliphatic heterocycles. The van der Waals surface area contributed by atoms with Gasteiger partial charge in [0.2, 0.25) is 5.91 Å². The van der Waals surface area contributed by atoms with Crippen LogP contribution in [-0.2, 0) is 11.3 Å². The van der Waals surface area contributed by atoms with Gasteiger partial charge in [-0.25, -0.2) is 0 Å². The molecular formula is C23H24ClN5OS. The van der Waals surface area contributed by atoms with Gasteiger partial charge in [0.1, 0.15) is 5.03 Å². The molecule has 0 aliphatic carbocycles. The lowest BCUT2D eigenvalue weighted by Crippen LogP contribution is -2.46. The molecule has 1 amide bonds. The van der Waals surface area contributed by atoms with Gasteiger partial charge in [-0.1, -0.05) is 59.8 Å². The highest BCUT2D eigenvalue weighted by atomic mass is 35.5. The number of nitrogens with one attached hydrogen (secondary N) is 1. The highest BCUT2D eigenvalue weighted by Gasteiger charge is 2.19. The first-order chi connectivity index (χ1) is 15.2. The maximum absolute atomic E-state index is 12.1. The fourth-order valence-electron chi connectivity index (χ4n) is 3.41. The molecule has 0 atom stereocenters. The second kappa shape index (κ2) is 10.5. The van der Waals surface area contributed by atoms with Crippen LogP contribution in [0, 0.1) is 0 Å². The summed E-state index contributed by atoms with van der Waals surface area (Å²) in [6, 6.07) is 21.7. The number of benzene rings is 2. The Balaban J connectivity index is 1.22. The van der Waals surface area contributed by atoms with E-state index in [0.717, 1.165) is 53.3 Å². The van der Waals surface area contributed by atoms with Crippen molar-refractivity contribution in [1.29, 1.82) is 0 Å². The van der Waals surface area contributed by atoms with E-state index in [1.165, 1.54) is 11.8 Å². The van der Waals surface area contributed by atoms with Gasteiger partial charge in [-0.15, -0.1) is 10.2 Å². The van der Waals surface area contributed by atoms with Crippen molar-refractivity contribution in [2.75, 3.05) is 41.7 Å². The van der Waals surface area contributed by atoms with Crippen LogP contribution in [0.4, 0.5) is 11.5 Å². The quantitative estimate of drug-likeness (QED) is 0.548. The molecule has 1 saturated heterocycles. The zero-order chi connectivity index (χ0) is 21.5. The number of hydrogen-bond donors (Lipinski definition) is 1. The second-order valence-corrected chi connectivity index (χ2v) is 8.67. The van der Waals surface area contributed by atoms with Crippen molar-refractivity contribution in [3.05, 3.63) is 77.3 Å². The normalized spacial score (nSPS) is 13.8. The van der Waals surface area contributed by atoms with E-state index in [1.807, 2.05) is 60.7 Å². The Morgan fingerprint density at radius 2 is 1.71 bits per heavy atom. The van der Waals surface area contributed by atoms with Crippen LogP contribution in [0.15, 0.2) is 71.8 Å². The van der Waals surface area contributed by atoms with E-state index in [4.69, 9.17) is 11.6 Å². The van der Waals surface area contributed by atoms with Crippen LogP contribution < -0.4 is 15.1 Å². The van der Waals surface area contributed by atoms with E-state index < -0.39 is 0 Å². The Morgan fingerprint density at radius 1 is 0.935 bits per heavy atom. The summed E-state index contributed by atoms with van der Waals surface area (Å²) in [5.74, 6) is 1.17. The fourth-order valence-corrected chi connectivity index (χ4v) is 4.24. The van der Waals surface area contributed by atoms with Crippen molar-refractivity contribution >= 4 is 40.8 Å². The van der Waals surface area contributed by atoms with E-state index in [1.54, 1.807) is 0 Å². The summed E-state index contributed by atoms with van der Waals surface area (Å²) in [7, 11) is 0. The minimum absolute atomic E-state index is 0.0168. The first-order valence-electron chi connectivity index (χ1n) is 10.2. The number of halogens is 1. The van der Waals surface area contributed by atoms with Crippen molar-refractivity contribution in [2.24, 2.45) is 0 Å². The SMILES string of the molecule is O=C(CSc1ccc(N2CCN(c3cccc(Cl)c3)CC2)nn1)NCc1ccccc1. The molecule has 0 saturated carbocycles. The first kappa shape index (κ1) is 21.5. The van der Waals surface area contributed by atoms with Gasteiger partial charge in [-0.05, 0) is 35.9 Å². The van der Waals surface area contributed by atoms with Gasteiger partial charge >= 0.3 is 0 Å². The molecule has 6 nitrogen and oxygen atoms in total. The van der Waals surface area contributed by atoms with E-state index >= 15 is 0 Å². The highest BCUT2D eigenvalue weighted by Crippen LogP contribution is 2.23. The number of rotatable bonds is 7. The average Bonchev–Trinajstić information content (AvgIpc) is 2.82. The standard InChI is InChI=1S/C23H24ClN5OS/c24-19-7-4-8-20(15-19)28-11-13-29(14-12-28)21-9-10-23(27-26-21)31-17-22(30)25-16-18-5-2-1-3-6-18/h1-10,15H,11-14,16-17H2,(H,25,30). The Kier molecular flexibility index (Phi) is 7.27. The van der Waals surface area contributed by atoms with Crippen LogP contribution in [-0.4, -0.2) is 48.0 Å². The van der Waals surface area contributed by atoms with Crippen LogP contribution >= 0.6 is 23.4 Å². The van der Waals surface area contributed by atoms with E-state index in [0.29, 0.717) is 12.3 Å². The molecule has 1 N–H and O–H groups in total. The van der Waals surface area contributed by atoms with Crippen LogP contribution in [0.5, 0.6) is 0 Å². The number of carbonyl (C=O) groups is 1. The molecule has 1 fully saturated rings. The van der Waals surface area contributed by atoms with Crippen molar-refractivity contribution in [3.63, 3.8) is 0 Å². The predicted octanol–water partition coefficient (Wildman–Crippen LogP) is 3.87. The predicted molar refractivity (Wildman–Crippen MR) is 127 cm³/mol. The third kappa shape index (κ3) is 6.12. The zero-order valence-corrected chi connectivity index (χ0v) is 18.6. The molecule has 0 unspecified atom stereocenters. The lowest BCUT2D eigenvalue weighted by Gasteiger charge is -2.36. The minimum Gasteiger partial charge on any atom is -0.368 e. The number of aromatic nitrogens is 2. The average molecular weight is 454 g/mol. The second-order valence-electron chi connectivity index (χ2n) is 7.23. The lowest BCUT2D eigenvalue weighted by molar-refractivity contribution is -0.118. The molecule has 2 aromatic carbocycles. The number of nitrogens with zero attached hydrogens (tertiary/aromatic N) is 4. The van der Waals surface area contributed by atoms with Crippen LogP contribution in [0.1, 0.15) is 5.56 Å². The van der Waals surface area contributed by atoms with Crippen LogP contribution in [0.25, 0.3) is 0 Å². The van der Waals surface area contributed by atoms with Crippen LogP contribution in [0.3, 0.4) is 0 Å². The molecule has 0 radical (unpaired) electrons. The molecule has 2 heterocycles. The summed E-state index contributed by atoms with van der Waals surface area (Å²) >= 11 is 7.51. The van der Waals surface area contributed by atoms with Gasteiger partial charge in [0.05, 0.1) is 5.75 Å². The molecule has 4 rings (SSSR count). The van der Waals surface area contributed by atoms with Gasteiger partial charge in [-0.2, -0.15) is 0 Å². The lowest BCUT2D eigenvalue weighted by atomic mass is 10.2. The fraction of sp³-hybridized carbons (Fsp3) is 0.261. The van der Waals surface area contributed by atoms with Crippen molar-refractivity contribution in [2.45, 2.75) is 11.6 Å². The zero-order valence-electron chi connectivity index (χ0n) is 17.1. The molecule has 3 aromatic rings. The van der Waals surface area contributed by atoms with Gasteiger partial charge in [0, 0.05) is 43.4 Å². The minimum atomic E-state index is -0.0168. The smallest absolute Gasteiger partial charge is 0.230 e. The number of carbonyl (C=O) groups excluding carboxylic acids is 1. The van der Waals surface area contributed by atoms with Gasteiger partial charge in [-0.3, -0.25) is 4.79 Å². The number of piperazine rings is 1. The Bertz CT molecular complexity index is 994. The number of thioether (sulfide) groups is 1. The third-order valence-corrected chi connectivity index (χ3v) is 6.24. The molecule has 160 valence electrons. The van der Waals surface area contributed by atoms with E-state index in [2.05, 4.69) is 31.4 Å². The molecule has 0 spiro atoms. The molecule has 1 aromatic heterocycles. The summed E-state index contributed by atoms with van der Waals surface area (Å²) in [5, 5.41) is 13.1. The molecule has 8 heteroatoms. The highest BCUT2D eigenvalue weighted by molar-refractivity contribution is 7.99. The summed E-state index contributed by atoms with van der Waals surface area (Å²) in [6.07, 6.45) is 0. The van der Waals surface area contributed by atoms with Gasteiger partial charge in [0.25, 0.3) is 0 Å². The molecule has 0 bridgehead atoms. The Morgan fingerprint density at radius 3 is 2.42 bits per heavy atom. The monoisotopic (exact) mass is 453 g/mol. The van der Waals surface area contributed by atoms with E-state index in [9.17, 15) is 4.79 Å². The van der Waals surface area contributed by atoms with Crippen molar-refractivity contribution in [1.82, 2.24) is 15.5 Å². The summed E-state index contributed by atoms with van der Waals surface area (Å²) < 4.78 is 0. The maximum Gasteiger partial charge on any atom is 0.230 e. The van der Waals surface area contributed by atoms with E-state index in [-0.39, 0.29) is 5.91 Å². The summed E-state index contributed by atoms with van der Waals surface area (Å²) in [5.41, 5.74) is 2.23. The topological polar surface area (TPSA) is 61.4 Å². The first-order valence-corrected chi connectivity index (χ1v) is 11.6. The maximum atomic E-state index is 12.1. The third-order valence-electron chi connectivity index (χ3n) is 5.09. The molecular weight excluding hydrogens is 430 g/mol. The number of anilines is 2. The largest absolute Gasteiger partial charge is 0.368 e. The summed E-state index contributed by atoms with van der Waals surface area (Å²) in [4.78, 5) is 16.6. The van der Waals surface area contributed by atoms with Crippen molar-refractivity contribution in [3.8, 4) is 0 Å². The van der Waals surface area contributed by atoms with Gasteiger partial charge in [0.15, 0.2) is 5.82 Å². The van der Waals surface area contributed by atoms with Crippen molar-refractivity contribution < 1.29 is 4.79 Å². The molecule has 1 aliphatic rings. The molecule has 31 heavy (non-hydrogen) atoms. The Hall–Kier alpha value is -2.77.